The molecule has 0 N–H and O–H groups in total. The summed E-state index contributed by atoms with van der Waals surface area (Å²) in [6.07, 6.45) is 5.64. The van der Waals surface area contributed by atoms with Crippen molar-refractivity contribution in [3.8, 4) is 5.88 Å². The number of nitrogens with zero attached hydrogens (tertiary/aromatic N) is 4. The van der Waals surface area contributed by atoms with E-state index >= 15 is 0 Å². The highest BCUT2D eigenvalue weighted by Crippen LogP contribution is 2.19. The largest absolute Gasteiger partial charge is 0.478 e. The number of rotatable bonds is 6. The van der Waals surface area contributed by atoms with Crippen molar-refractivity contribution in [2.75, 3.05) is 44.3 Å². The molecule has 0 radical (unpaired) electrons. The van der Waals surface area contributed by atoms with E-state index in [1.54, 1.807) is 12.3 Å². The maximum absolute atomic E-state index is 12.3. The average molecular weight is 334 g/mol. The second-order valence-corrected chi connectivity index (χ2v) is 6.17. The molecule has 2 saturated heterocycles. The number of hydrogen-bond acceptors (Lipinski definition) is 6. The van der Waals surface area contributed by atoms with Crippen molar-refractivity contribution in [3.63, 3.8) is 0 Å². The summed E-state index contributed by atoms with van der Waals surface area (Å²) in [5.74, 6) is 1.50. The molecule has 2 fully saturated rings. The van der Waals surface area contributed by atoms with Crippen molar-refractivity contribution in [1.29, 1.82) is 0 Å². The Hall–Kier alpha value is -1.89. The summed E-state index contributed by atoms with van der Waals surface area (Å²) in [7, 11) is 0. The summed E-state index contributed by atoms with van der Waals surface area (Å²) >= 11 is 0. The normalized spacial score (nSPS) is 21.1. The van der Waals surface area contributed by atoms with Gasteiger partial charge in [-0.25, -0.2) is 4.98 Å². The molecule has 1 atom stereocenters. The van der Waals surface area contributed by atoms with E-state index in [1.807, 2.05) is 11.8 Å². The van der Waals surface area contributed by atoms with Crippen LogP contribution in [-0.4, -0.2) is 66.3 Å². The van der Waals surface area contributed by atoms with Crippen LogP contribution in [0.3, 0.4) is 0 Å². The molecule has 3 rings (SSSR count). The fourth-order valence-corrected chi connectivity index (χ4v) is 3.18. The lowest BCUT2D eigenvalue weighted by Crippen LogP contribution is -2.49. The van der Waals surface area contributed by atoms with Crippen LogP contribution >= 0.6 is 0 Å². The SMILES string of the molecule is CCOc1ccnc(N2CCN(C(=O)CC[C@H]3CCCO3)CC2)n1. The number of anilines is 1. The Morgan fingerprint density at radius 3 is 2.92 bits per heavy atom. The molecule has 1 aromatic heterocycles. The molecule has 132 valence electrons. The van der Waals surface area contributed by atoms with Gasteiger partial charge >= 0.3 is 0 Å². The van der Waals surface area contributed by atoms with Crippen LogP contribution in [0, 0.1) is 0 Å². The molecule has 0 spiro atoms. The van der Waals surface area contributed by atoms with Gasteiger partial charge in [0.2, 0.25) is 17.7 Å². The van der Waals surface area contributed by atoms with E-state index in [1.165, 1.54) is 0 Å². The summed E-state index contributed by atoms with van der Waals surface area (Å²) in [4.78, 5) is 25.1. The van der Waals surface area contributed by atoms with E-state index in [-0.39, 0.29) is 12.0 Å². The van der Waals surface area contributed by atoms with E-state index in [0.29, 0.717) is 37.9 Å². The van der Waals surface area contributed by atoms with Crippen molar-refractivity contribution in [1.82, 2.24) is 14.9 Å². The first kappa shape index (κ1) is 17.0. The van der Waals surface area contributed by atoms with Crippen LogP contribution in [0.2, 0.25) is 0 Å². The topological polar surface area (TPSA) is 67.8 Å². The van der Waals surface area contributed by atoms with Crippen molar-refractivity contribution in [2.45, 2.75) is 38.7 Å². The van der Waals surface area contributed by atoms with Gasteiger partial charge in [0, 0.05) is 51.5 Å². The molecule has 0 saturated carbocycles. The molecule has 0 bridgehead atoms. The number of ether oxygens (including phenoxy) is 2. The zero-order valence-corrected chi connectivity index (χ0v) is 14.3. The third-order valence-corrected chi connectivity index (χ3v) is 4.53. The van der Waals surface area contributed by atoms with Gasteiger partial charge in [-0.15, -0.1) is 0 Å². The molecule has 0 unspecified atom stereocenters. The van der Waals surface area contributed by atoms with Gasteiger partial charge in [-0.2, -0.15) is 4.98 Å². The fourth-order valence-electron chi connectivity index (χ4n) is 3.18. The highest BCUT2D eigenvalue weighted by atomic mass is 16.5. The van der Waals surface area contributed by atoms with Gasteiger partial charge in [0.15, 0.2) is 0 Å². The minimum Gasteiger partial charge on any atom is -0.478 e. The summed E-state index contributed by atoms with van der Waals surface area (Å²) < 4.78 is 11.0. The molecule has 1 amide bonds. The molecular weight excluding hydrogens is 308 g/mol. The maximum atomic E-state index is 12.3. The molecule has 0 aliphatic carbocycles. The lowest BCUT2D eigenvalue weighted by atomic mass is 10.1. The van der Waals surface area contributed by atoms with Crippen molar-refractivity contribution in [3.05, 3.63) is 12.3 Å². The van der Waals surface area contributed by atoms with E-state index in [0.717, 1.165) is 39.0 Å². The molecule has 3 heterocycles. The Labute approximate surface area is 143 Å². The Morgan fingerprint density at radius 1 is 1.38 bits per heavy atom. The number of amides is 1. The second-order valence-electron chi connectivity index (χ2n) is 6.17. The highest BCUT2D eigenvalue weighted by Gasteiger charge is 2.24. The number of piperazine rings is 1. The van der Waals surface area contributed by atoms with Gasteiger partial charge in [0.05, 0.1) is 12.7 Å². The first-order valence-corrected chi connectivity index (χ1v) is 8.86. The monoisotopic (exact) mass is 334 g/mol. The average Bonchev–Trinajstić information content (AvgIpc) is 3.14. The minimum atomic E-state index is 0.231. The first-order valence-electron chi connectivity index (χ1n) is 8.86. The zero-order chi connectivity index (χ0) is 16.8. The van der Waals surface area contributed by atoms with E-state index in [9.17, 15) is 4.79 Å². The number of aromatic nitrogens is 2. The van der Waals surface area contributed by atoms with Crippen LogP contribution in [0.25, 0.3) is 0 Å². The maximum Gasteiger partial charge on any atom is 0.228 e. The number of hydrogen-bond donors (Lipinski definition) is 0. The van der Waals surface area contributed by atoms with E-state index < -0.39 is 0 Å². The Balaban J connectivity index is 1.46. The molecule has 1 aromatic rings. The van der Waals surface area contributed by atoms with Crippen LogP contribution in [0.1, 0.15) is 32.6 Å². The second kappa shape index (κ2) is 8.28. The van der Waals surface area contributed by atoms with Crippen LogP contribution in [-0.2, 0) is 9.53 Å². The lowest BCUT2D eigenvalue weighted by molar-refractivity contribution is -0.132. The Morgan fingerprint density at radius 2 is 2.21 bits per heavy atom. The minimum absolute atomic E-state index is 0.231. The zero-order valence-electron chi connectivity index (χ0n) is 14.3. The summed E-state index contributed by atoms with van der Waals surface area (Å²) in [6.45, 7) is 6.30. The van der Waals surface area contributed by atoms with Gasteiger partial charge in [-0.1, -0.05) is 0 Å². The van der Waals surface area contributed by atoms with Crippen LogP contribution in [0.5, 0.6) is 5.88 Å². The third-order valence-electron chi connectivity index (χ3n) is 4.53. The van der Waals surface area contributed by atoms with Gasteiger partial charge < -0.3 is 19.3 Å². The smallest absolute Gasteiger partial charge is 0.228 e. The highest BCUT2D eigenvalue weighted by molar-refractivity contribution is 5.76. The van der Waals surface area contributed by atoms with Crippen molar-refractivity contribution < 1.29 is 14.3 Å². The molecule has 2 aliphatic rings. The summed E-state index contributed by atoms with van der Waals surface area (Å²) in [6, 6.07) is 1.76. The molecular formula is C17H26N4O3. The summed E-state index contributed by atoms with van der Waals surface area (Å²) in [5, 5.41) is 0. The van der Waals surface area contributed by atoms with Crippen molar-refractivity contribution >= 4 is 11.9 Å². The third kappa shape index (κ3) is 4.35. The quantitative estimate of drug-likeness (QED) is 0.785. The number of carbonyl (C=O) groups excluding carboxylic acids is 1. The predicted octanol–water partition coefficient (Wildman–Crippen LogP) is 1.48. The first-order chi connectivity index (χ1) is 11.8. The molecule has 7 heteroatoms. The fraction of sp³-hybridized carbons (Fsp3) is 0.706. The predicted molar refractivity (Wildman–Crippen MR) is 90.2 cm³/mol. The van der Waals surface area contributed by atoms with Gasteiger partial charge in [-0.3, -0.25) is 4.79 Å². The van der Waals surface area contributed by atoms with E-state index in [2.05, 4.69) is 14.9 Å². The summed E-state index contributed by atoms with van der Waals surface area (Å²) in [5.41, 5.74) is 0. The molecule has 0 aromatic carbocycles. The van der Waals surface area contributed by atoms with Crippen LogP contribution < -0.4 is 9.64 Å². The van der Waals surface area contributed by atoms with Crippen LogP contribution in [0.15, 0.2) is 12.3 Å². The van der Waals surface area contributed by atoms with Crippen LogP contribution in [0.4, 0.5) is 5.95 Å². The molecule has 7 nitrogen and oxygen atoms in total. The standard InChI is InChI=1S/C17H26N4O3/c1-2-23-15-7-8-18-17(19-15)21-11-9-20(10-12-21)16(22)6-5-14-4-3-13-24-14/h7-8,14H,2-6,9-13H2,1H3/t14-/m1/s1. The molecule has 24 heavy (non-hydrogen) atoms. The Bertz CT molecular complexity index is 540. The lowest BCUT2D eigenvalue weighted by Gasteiger charge is -2.35. The number of carbonyl (C=O) groups is 1. The van der Waals surface area contributed by atoms with Crippen molar-refractivity contribution in [2.24, 2.45) is 0 Å². The van der Waals surface area contributed by atoms with Gasteiger partial charge in [0.25, 0.3) is 0 Å². The Kier molecular flexibility index (Phi) is 5.85. The van der Waals surface area contributed by atoms with Gasteiger partial charge in [-0.05, 0) is 26.2 Å². The van der Waals surface area contributed by atoms with Gasteiger partial charge in [0.1, 0.15) is 0 Å². The van der Waals surface area contributed by atoms with E-state index in [4.69, 9.17) is 9.47 Å². The molecule has 2 aliphatic heterocycles.